The summed E-state index contributed by atoms with van der Waals surface area (Å²) in [6, 6.07) is 5.23. The molecule has 1 aromatic rings. The molecule has 1 aliphatic heterocycles. The van der Waals surface area contributed by atoms with Crippen LogP contribution in [-0.4, -0.2) is 35.5 Å². The first-order valence-electron chi connectivity index (χ1n) is 7.06. The van der Waals surface area contributed by atoms with Crippen molar-refractivity contribution in [3.8, 4) is 0 Å². The standard InChI is InChI=1S/C15H17FN2O4/c16-10-4-1-2-6-12(10)18-9-3-5-11(15(18)22)17-13(19)7-8-14(20)21/h1-2,4,6,11H,3,5,7-9H2,(H,17,19)(H,20,21). The third-order valence-corrected chi connectivity index (χ3v) is 3.48. The molecule has 0 radical (unpaired) electrons. The number of para-hydroxylation sites is 1. The lowest BCUT2D eigenvalue weighted by Gasteiger charge is -2.32. The quantitative estimate of drug-likeness (QED) is 0.858. The second kappa shape index (κ2) is 7.02. The number of halogens is 1. The molecular weight excluding hydrogens is 291 g/mol. The minimum Gasteiger partial charge on any atom is -0.481 e. The number of rotatable bonds is 5. The summed E-state index contributed by atoms with van der Waals surface area (Å²) in [7, 11) is 0. The van der Waals surface area contributed by atoms with Gasteiger partial charge in [-0.2, -0.15) is 0 Å². The van der Waals surface area contributed by atoms with Gasteiger partial charge in [0.05, 0.1) is 12.1 Å². The van der Waals surface area contributed by atoms with Gasteiger partial charge >= 0.3 is 5.97 Å². The van der Waals surface area contributed by atoms with E-state index in [0.717, 1.165) is 0 Å². The molecule has 1 unspecified atom stereocenters. The average molecular weight is 308 g/mol. The molecule has 2 amide bonds. The van der Waals surface area contributed by atoms with E-state index in [1.165, 1.54) is 17.0 Å². The molecule has 0 saturated carbocycles. The van der Waals surface area contributed by atoms with E-state index in [1.54, 1.807) is 12.1 Å². The molecule has 0 spiro atoms. The molecule has 1 heterocycles. The highest BCUT2D eigenvalue weighted by Crippen LogP contribution is 2.23. The van der Waals surface area contributed by atoms with Crippen LogP contribution in [-0.2, 0) is 14.4 Å². The van der Waals surface area contributed by atoms with Gasteiger partial charge in [-0.05, 0) is 25.0 Å². The van der Waals surface area contributed by atoms with Crippen LogP contribution in [0.4, 0.5) is 10.1 Å². The summed E-state index contributed by atoms with van der Waals surface area (Å²) < 4.78 is 13.8. The zero-order chi connectivity index (χ0) is 16.1. The first-order valence-corrected chi connectivity index (χ1v) is 7.06. The van der Waals surface area contributed by atoms with Gasteiger partial charge in [-0.15, -0.1) is 0 Å². The Morgan fingerprint density at radius 1 is 1.32 bits per heavy atom. The lowest BCUT2D eigenvalue weighted by molar-refractivity contribution is -0.139. The van der Waals surface area contributed by atoms with Gasteiger partial charge in [0.15, 0.2) is 0 Å². The number of carbonyl (C=O) groups excluding carboxylic acids is 2. The first kappa shape index (κ1) is 15.9. The fourth-order valence-electron chi connectivity index (χ4n) is 2.41. The summed E-state index contributed by atoms with van der Waals surface area (Å²) in [5, 5.41) is 11.1. The first-order chi connectivity index (χ1) is 10.5. The predicted molar refractivity (Wildman–Crippen MR) is 76.8 cm³/mol. The summed E-state index contributed by atoms with van der Waals surface area (Å²) in [4.78, 5) is 35.8. The third-order valence-electron chi connectivity index (χ3n) is 3.48. The molecule has 2 N–H and O–H groups in total. The molecule has 7 heteroatoms. The number of carboxylic acid groups (broad SMARTS) is 1. The normalized spacial score (nSPS) is 18.1. The van der Waals surface area contributed by atoms with Gasteiger partial charge in [-0.25, -0.2) is 4.39 Å². The number of hydrogen-bond donors (Lipinski definition) is 2. The van der Waals surface area contributed by atoms with Crippen molar-refractivity contribution < 1.29 is 23.9 Å². The van der Waals surface area contributed by atoms with Crippen LogP contribution in [0.2, 0.25) is 0 Å². The molecule has 1 fully saturated rings. The topological polar surface area (TPSA) is 86.7 Å². The molecule has 0 bridgehead atoms. The van der Waals surface area contributed by atoms with Crippen molar-refractivity contribution in [2.24, 2.45) is 0 Å². The maximum Gasteiger partial charge on any atom is 0.303 e. The Labute approximate surface area is 126 Å². The van der Waals surface area contributed by atoms with Crippen molar-refractivity contribution in [2.75, 3.05) is 11.4 Å². The second-order valence-electron chi connectivity index (χ2n) is 5.10. The second-order valence-corrected chi connectivity index (χ2v) is 5.10. The van der Waals surface area contributed by atoms with Crippen molar-refractivity contribution in [1.29, 1.82) is 0 Å². The van der Waals surface area contributed by atoms with Crippen molar-refractivity contribution in [3.63, 3.8) is 0 Å². The monoisotopic (exact) mass is 308 g/mol. The largest absolute Gasteiger partial charge is 0.481 e. The molecule has 0 aliphatic carbocycles. The zero-order valence-corrected chi connectivity index (χ0v) is 11.9. The number of nitrogens with zero attached hydrogens (tertiary/aromatic N) is 1. The van der Waals surface area contributed by atoms with E-state index in [2.05, 4.69) is 5.32 Å². The number of amides is 2. The average Bonchev–Trinajstić information content (AvgIpc) is 2.48. The highest BCUT2D eigenvalue weighted by molar-refractivity contribution is 6.00. The van der Waals surface area contributed by atoms with E-state index in [1.807, 2.05) is 0 Å². The number of nitrogens with one attached hydrogen (secondary N) is 1. The van der Waals surface area contributed by atoms with Crippen molar-refractivity contribution in [1.82, 2.24) is 5.32 Å². The van der Waals surface area contributed by atoms with E-state index in [9.17, 15) is 18.8 Å². The molecule has 1 atom stereocenters. The maximum absolute atomic E-state index is 13.8. The Bertz CT molecular complexity index is 591. The number of hydrogen-bond acceptors (Lipinski definition) is 3. The molecule has 1 saturated heterocycles. The molecule has 6 nitrogen and oxygen atoms in total. The lowest BCUT2D eigenvalue weighted by atomic mass is 10.0. The Morgan fingerprint density at radius 3 is 2.73 bits per heavy atom. The van der Waals surface area contributed by atoms with Crippen molar-refractivity contribution in [2.45, 2.75) is 31.7 Å². The van der Waals surface area contributed by atoms with Gasteiger partial charge in [0.2, 0.25) is 11.8 Å². The SMILES string of the molecule is O=C(O)CCC(=O)NC1CCCN(c2ccccc2F)C1=O. The van der Waals surface area contributed by atoms with Crippen LogP contribution in [0, 0.1) is 5.82 Å². The van der Waals surface area contributed by atoms with Crippen molar-refractivity contribution >= 4 is 23.5 Å². The van der Waals surface area contributed by atoms with E-state index >= 15 is 0 Å². The molecule has 1 aliphatic rings. The lowest BCUT2D eigenvalue weighted by Crippen LogP contribution is -2.52. The van der Waals surface area contributed by atoms with Crippen LogP contribution in [0.1, 0.15) is 25.7 Å². The minimum atomic E-state index is -1.07. The van der Waals surface area contributed by atoms with Gasteiger partial charge in [-0.1, -0.05) is 12.1 Å². The Kier molecular flexibility index (Phi) is 5.08. The van der Waals surface area contributed by atoms with Crippen LogP contribution in [0.3, 0.4) is 0 Å². The maximum atomic E-state index is 13.8. The van der Waals surface area contributed by atoms with Gasteiger partial charge in [0.1, 0.15) is 11.9 Å². The van der Waals surface area contributed by atoms with E-state index in [-0.39, 0.29) is 24.4 Å². The third kappa shape index (κ3) is 3.81. The summed E-state index contributed by atoms with van der Waals surface area (Å²) in [5.74, 6) is -2.43. The summed E-state index contributed by atoms with van der Waals surface area (Å²) >= 11 is 0. The smallest absolute Gasteiger partial charge is 0.303 e. The number of benzene rings is 1. The fraction of sp³-hybridized carbons (Fsp3) is 0.400. The summed E-state index contributed by atoms with van der Waals surface area (Å²) in [6.45, 7) is 0.390. The highest BCUT2D eigenvalue weighted by Gasteiger charge is 2.31. The molecule has 0 aromatic heterocycles. The minimum absolute atomic E-state index is 0.182. The number of carbonyl (C=O) groups is 3. The molecule has 22 heavy (non-hydrogen) atoms. The van der Waals surface area contributed by atoms with E-state index in [0.29, 0.717) is 19.4 Å². The van der Waals surface area contributed by atoms with Gasteiger partial charge < -0.3 is 15.3 Å². The zero-order valence-electron chi connectivity index (χ0n) is 11.9. The molecule has 2 rings (SSSR count). The number of piperidine rings is 1. The van der Waals surface area contributed by atoms with Crippen LogP contribution in [0.5, 0.6) is 0 Å². The summed E-state index contributed by atoms with van der Waals surface area (Å²) in [5.41, 5.74) is 0.192. The van der Waals surface area contributed by atoms with Crippen LogP contribution in [0.15, 0.2) is 24.3 Å². The summed E-state index contributed by atoms with van der Waals surface area (Å²) in [6.07, 6.45) is 0.620. The van der Waals surface area contributed by atoms with Gasteiger partial charge in [0.25, 0.3) is 0 Å². The number of aliphatic carboxylic acids is 1. The Balaban J connectivity index is 2.03. The van der Waals surface area contributed by atoms with E-state index < -0.39 is 23.7 Å². The molecular formula is C15H17FN2O4. The Morgan fingerprint density at radius 2 is 2.05 bits per heavy atom. The van der Waals surface area contributed by atoms with Gasteiger partial charge in [0, 0.05) is 13.0 Å². The molecule has 118 valence electrons. The molecule has 1 aromatic carbocycles. The van der Waals surface area contributed by atoms with Crippen LogP contribution >= 0.6 is 0 Å². The van der Waals surface area contributed by atoms with Crippen molar-refractivity contribution in [3.05, 3.63) is 30.1 Å². The Hall–Kier alpha value is -2.44. The number of carboxylic acids is 1. The van der Waals surface area contributed by atoms with E-state index in [4.69, 9.17) is 5.11 Å². The fourth-order valence-corrected chi connectivity index (χ4v) is 2.41. The van der Waals surface area contributed by atoms with Gasteiger partial charge in [-0.3, -0.25) is 14.4 Å². The van der Waals surface area contributed by atoms with Crippen LogP contribution < -0.4 is 10.2 Å². The van der Waals surface area contributed by atoms with Crippen LogP contribution in [0.25, 0.3) is 0 Å². The predicted octanol–water partition coefficient (Wildman–Crippen LogP) is 1.30. The number of anilines is 1. The highest BCUT2D eigenvalue weighted by atomic mass is 19.1.